The van der Waals surface area contributed by atoms with Crippen LogP contribution < -0.4 is 0 Å². The SMILES string of the molecule is C=CCC(C)(CO)S(=O)(=O)Cc1ccccc1Cl. The summed E-state index contributed by atoms with van der Waals surface area (Å²) in [5.74, 6) is -0.183. The molecule has 3 nitrogen and oxygen atoms in total. The second kappa shape index (κ2) is 5.87. The quantitative estimate of drug-likeness (QED) is 0.819. The molecule has 0 aliphatic carbocycles. The molecule has 0 heterocycles. The fourth-order valence-corrected chi connectivity index (χ4v) is 3.45. The van der Waals surface area contributed by atoms with Crippen LogP contribution in [0, 0.1) is 0 Å². The van der Waals surface area contributed by atoms with Crippen molar-refractivity contribution in [1.29, 1.82) is 0 Å². The lowest BCUT2D eigenvalue weighted by atomic mass is 10.1. The van der Waals surface area contributed by atoms with E-state index >= 15 is 0 Å². The molecule has 0 saturated heterocycles. The summed E-state index contributed by atoms with van der Waals surface area (Å²) in [6.07, 6.45) is 1.71. The number of aliphatic hydroxyl groups excluding tert-OH is 1. The Morgan fingerprint density at radius 1 is 1.44 bits per heavy atom. The maximum Gasteiger partial charge on any atom is 0.162 e. The molecular formula is C13H17ClO3S. The van der Waals surface area contributed by atoms with E-state index < -0.39 is 21.2 Å². The number of benzene rings is 1. The molecule has 1 unspecified atom stereocenters. The van der Waals surface area contributed by atoms with Crippen LogP contribution in [0.4, 0.5) is 0 Å². The average molecular weight is 289 g/mol. The van der Waals surface area contributed by atoms with Gasteiger partial charge in [-0.2, -0.15) is 0 Å². The van der Waals surface area contributed by atoms with Gasteiger partial charge in [0, 0.05) is 5.02 Å². The van der Waals surface area contributed by atoms with Gasteiger partial charge in [-0.15, -0.1) is 6.58 Å². The second-order valence-corrected chi connectivity index (χ2v) is 7.36. The molecule has 0 bridgehead atoms. The van der Waals surface area contributed by atoms with Crippen LogP contribution in [0.5, 0.6) is 0 Å². The fraction of sp³-hybridized carbons (Fsp3) is 0.385. The van der Waals surface area contributed by atoms with E-state index in [2.05, 4.69) is 6.58 Å². The van der Waals surface area contributed by atoms with Gasteiger partial charge in [-0.25, -0.2) is 8.42 Å². The first-order valence-electron chi connectivity index (χ1n) is 5.54. The third-order valence-corrected chi connectivity index (χ3v) is 5.82. The Hall–Kier alpha value is -0.840. The Labute approximate surface area is 113 Å². The molecule has 0 amide bonds. The number of aliphatic hydroxyl groups is 1. The zero-order chi connectivity index (χ0) is 13.8. The third-order valence-electron chi connectivity index (χ3n) is 2.96. The van der Waals surface area contributed by atoms with E-state index in [4.69, 9.17) is 11.6 Å². The van der Waals surface area contributed by atoms with Crippen molar-refractivity contribution in [2.45, 2.75) is 23.8 Å². The first-order valence-corrected chi connectivity index (χ1v) is 7.57. The summed E-state index contributed by atoms with van der Waals surface area (Å²) >= 11 is 5.95. The summed E-state index contributed by atoms with van der Waals surface area (Å²) in [7, 11) is -3.52. The minimum atomic E-state index is -3.52. The lowest BCUT2D eigenvalue weighted by molar-refractivity contribution is 0.250. The molecule has 1 N–H and O–H groups in total. The van der Waals surface area contributed by atoms with Gasteiger partial charge >= 0.3 is 0 Å². The highest BCUT2D eigenvalue weighted by molar-refractivity contribution is 7.92. The maximum absolute atomic E-state index is 12.3. The highest BCUT2D eigenvalue weighted by Crippen LogP contribution is 2.27. The maximum atomic E-state index is 12.3. The third kappa shape index (κ3) is 3.13. The summed E-state index contributed by atoms with van der Waals surface area (Å²) in [4.78, 5) is 0. The second-order valence-electron chi connectivity index (χ2n) is 4.45. The van der Waals surface area contributed by atoms with Crippen molar-refractivity contribution in [2.75, 3.05) is 6.61 Å². The molecule has 100 valence electrons. The summed E-state index contributed by atoms with van der Waals surface area (Å²) in [6.45, 7) is 4.61. The van der Waals surface area contributed by atoms with Crippen molar-refractivity contribution in [2.24, 2.45) is 0 Å². The summed E-state index contributed by atoms with van der Waals surface area (Å²) in [5.41, 5.74) is 0.544. The largest absolute Gasteiger partial charge is 0.395 e. The Morgan fingerprint density at radius 2 is 2.06 bits per heavy atom. The first kappa shape index (κ1) is 15.2. The molecule has 1 atom stereocenters. The summed E-state index contributed by atoms with van der Waals surface area (Å²) in [6, 6.07) is 6.80. The van der Waals surface area contributed by atoms with Crippen LogP contribution in [0.25, 0.3) is 0 Å². The van der Waals surface area contributed by atoms with Gasteiger partial charge in [-0.3, -0.25) is 0 Å². The van der Waals surface area contributed by atoms with Crippen LogP contribution in [-0.2, 0) is 15.6 Å². The average Bonchev–Trinajstić information content (AvgIpc) is 2.32. The first-order chi connectivity index (χ1) is 8.36. The Bertz CT molecular complexity index is 525. The van der Waals surface area contributed by atoms with Gasteiger partial charge in [0.1, 0.15) is 0 Å². The summed E-state index contributed by atoms with van der Waals surface area (Å²) in [5, 5.41) is 9.76. The van der Waals surface area contributed by atoms with Crippen LogP contribution in [0.2, 0.25) is 5.02 Å². The molecule has 0 aliphatic heterocycles. The standard InChI is InChI=1S/C13H17ClO3S/c1-3-8-13(2,10-15)18(16,17)9-11-6-4-5-7-12(11)14/h3-7,15H,1,8-10H2,2H3. The van der Waals surface area contributed by atoms with E-state index in [1.165, 1.54) is 13.0 Å². The fourth-order valence-electron chi connectivity index (χ4n) is 1.59. The zero-order valence-electron chi connectivity index (χ0n) is 10.3. The van der Waals surface area contributed by atoms with E-state index in [-0.39, 0.29) is 12.2 Å². The predicted molar refractivity (Wildman–Crippen MR) is 74.4 cm³/mol. The Kier molecular flexibility index (Phi) is 4.96. The highest BCUT2D eigenvalue weighted by atomic mass is 35.5. The molecule has 0 fully saturated rings. The Balaban J connectivity index is 3.08. The lowest BCUT2D eigenvalue weighted by Gasteiger charge is -2.26. The van der Waals surface area contributed by atoms with Gasteiger partial charge < -0.3 is 5.11 Å². The van der Waals surface area contributed by atoms with Crippen molar-refractivity contribution >= 4 is 21.4 Å². The van der Waals surface area contributed by atoms with Crippen LogP contribution in [-0.4, -0.2) is 24.9 Å². The zero-order valence-corrected chi connectivity index (χ0v) is 11.8. The number of sulfone groups is 1. The van der Waals surface area contributed by atoms with Crippen molar-refractivity contribution in [1.82, 2.24) is 0 Å². The van der Waals surface area contributed by atoms with Crippen molar-refractivity contribution < 1.29 is 13.5 Å². The molecule has 1 rings (SSSR count). The van der Waals surface area contributed by atoms with Gasteiger partial charge in [-0.05, 0) is 25.0 Å². The number of hydrogen-bond acceptors (Lipinski definition) is 3. The van der Waals surface area contributed by atoms with Gasteiger partial charge in [-0.1, -0.05) is 35.9 Å². The molecule has 0 saturated carbocycles. The predicted octanol–water partition coefficient (Wildman–Crippen LogP) is 2.58. The van der Waals surface area contributed by atoms with E-state index in [9.17, 15) is 13.5 Å². The van der Waals surface area contributed by atoms with Gasteiger partial charge in [0.25, 0.3) is 0 Å². The number of rotatable bonds is 6. The highest BCUT2D eigenvalue weighted by Gasteiger charge is 2.37. The smallest absolute Gasteiger partial charge is 0.162 e. The Morgan fingerprint density at radius 3 is 2.56 bits per heavy atom. The van der Waals surface area contributed by atoms with Crippen LogP contribution in [0.3, 0.4) is 0 Å². The van der Waals surface area contributed by atoms with E-state index in [1.807, 2.05) is 0 Å². The number of allylic oxidation sites excluding steroid dienone is 1. The molecule has 1 aromatic rings. The molecule has 18 heavy (non-hydrogen) atoms. The van der Waals surface area contributed by atoms with Crippen LogP contribution in [0.15, 0.2) is 36.9 Å². The minimum Gasteiger partial charge on any atom is -0.395 e. The monoisotopic (exact) mass is 288 g/mol. The minimum absolute atomic E-state index is 0.183. The lowest BCUT2D eigenvalue weighted by Crippen LogP contribution is -2.39. The summed E-state index contributed by atoms with van der Waals surface area (Å²) < 4.78 is 23.4. The molecule has 0 aliphatic rings. The van der Waals surface area contributed by atoms with Gasteiger partial charge in [0.15, 0.2) is 9.84 Å². The van der Waals surface area contributed by atoms with Crippen molar-refractivity contribution in [3.8, 4) is 0 Å². The molecule has 0 radical (unpaired) electrons. The van der Waals surface area contributed by atoms with Crippen LogP contribution in [0.1, 0.15) is 18.9 Å². The van der Waals surface area contributed by atoms with Crippen LogP contribution >= 0.6 is 11.6 Å². The van der Waals surface area contributed by atoms with Crippen molar-refractivity contribution in [3.05, 3.63) is 47.5 Å². The van der Waals surface area contributed by atoms with E-state index in [1.54, 1.807) is 24.3 Å². The molecule has 1 aromatic carbocycles. The number of hydrogen-bond donors (Lipinski definition) is 1. The molecule has 5 heteroatoms. The molecular weight excluding hydrogens is 272 g/mol. The normalized spacial score (nSPS) is 15.1. The van der Waals surface area contributed by atoms with Gasteiger partial charge in [0.05, 0.1) is 17.1 Å². The molecule has 0 aromatic heterocycles. The van der Waals surface area contributed by atoms with Crippen molar-refractivity contribution in [3.63, 3.8) is 0 Å². The number of halogens is 1. The van der Waals surface area contributed by atoms with E-state index in [0.29, 0.717) is 10.6 Å². The van der Waals surface area contributed by atoms with E-state index in [0.717, 1.165) is 0 Å². The molecule has 0 spiro atoms. The van der Waals surface area contributed by atoms with Gasteiger partial charge in [0.2, 0.25) is 0 Å². The topological polar surface area (TPSA) is 54.4 Å².